The minimum atomic E-state index is 0.107. The fourth-order valence-electron chi connectivity index (χ4n) is 2.36. The molecule has 0 spiro atoms. The molecule has 2 heteroatoms. The van der Waals surface area contributed by atoms with Gasteiger partial charge < -0.3 is 0 Å². The van der Waals surface area contributed by atoms with Gasteiger partial charge in [-0.1, -0.05) is 40.9 Å². The summed E-state index contributed by atoms with van der Waals surface area (Å²) < 4.78 is 0. The smallest absolute Gasteiger partial charge is 0.167 e. The standard InChI is InChI=1S/C17H17ClO/c1-11-4-12(2)6-14(5-11)9-17(19)15-7-13(3)8-16(18)10-15/h4-8,10H,9H2,1-3H3. The lowest BCUT2D eigenvalue weighted by Crippen LogP contribution is -2.04. The molecule has 0 unspecified atom stereocenters. The Labute approximate surface area is 119 Å². The van der Waals surface area contributed by atoms with Crippen molar-refractivity contribution in [3.63, 3.8) is 0 Å². The van der Waals surface area contributed by atoms with E-state index in [1.807, 2.05) is 32.9 Å². The van der Waals surface area contributed by atoms with Crippen LogP contribution >= 0.6 is 11.6 Å². The number of carbonyl (C=O) groups is 1. The summed E-state index contributed by atoms with van der Waals surface area (Å²) in [5.74, 6) is 0.107. The maximum Gasteiger partial charge on any atom is 0.167 e. The van der Waals surface area contributed by atoms with Crippen molar-refractivity contribution < 1.29 is 4.79 Å². The molecule has 2 aromatic carbocycles. The van der Waals surface area contributed by atoms with Gasteiger partial charge >= 0.3 is 0 Å². The van der Waals surface area contributed by atoms with Crippen LogP contribution in [0.1, 0.15) is 32.6 Å². The zero-order chi connectivity index (χ0) is 14.0. The van der Waals surface area contributed by atoms with Crippen LogP contribution in [0.4, 0.5) is 0 Å². The van der Waals surface area contributed by atoms with E-state index in [-0.39, 0.29) is 5.78 Å². The van der Waals surface area contributed by atoms with Gasteiger partial charge in [-0.2, -0.15) is 0 Å². The molecular weight excluding hydrogens is 256 g/mol. The van der Waals surface area contributed by atoms with Crippen LogP contribution in [0.5, 0.6) is 0 Å². The second-order valence-electron chi connectivity index (χ2n) is 5.11. The second-order valence-corrected chi connectivity index (χ2v) is 5.55. The molecule has 0 N–H and O–H groups in total. The highest BCUT2D eigenvalue weighted by Gasteiger charge is 2.09. The van der Waals surface area contributed by atoms with E-state index < -0.39 is 0 Å². The van der Waals surface area contributed by atoms with E-state index in [0.29, 0.717) is 17.0 Å². The number of hydrogen-bond acceptors (Lipinski definition) is 1. The lowest BCUT2D eigenvalue weighted by Gasteiger charge is -2.06. The van der Waals surface area contributed by atoms with Crippen LogP contribution in [0.2, 0.25) is 5.02 Å². The minimum Gasteiger partial charge on any atom is -0.294 e. The van der Waals surface area contributed by atoms with E-state index >= 15 is 0 Å². The molecular formula is C17H17ClO. The van der Waals surface area contributed by atoms with Crippen LogP contribution in [-0.2, 0) is 6.42 Å². The van der Waals surface area contributed by atoms with Gasteiger partial charge in [-0.3, -0.25) is 4.79 Å². The van der Waals surface area contributed by atoms with Crippen LogP contribution in [-0.4, -0.2) is 5.78 Å². The quantitative estimate of drug-likeness (QED) is 0.741. The van der Waals surface area contributed by atoms with Crippen molar-refractivity contribution in [2.45, 2.75) is 27.2 Å². The van der Waals surface area contributed by atoms with E-state index in [1.165, 1.54) is 11.1 Å². The van der Waals surface area contributed by atoms with E-state index in [2.05, 4.69) is 18.2 Å². The van der Waals surface area contributed by atoms with Crippen molar-refractivity contribution in [1.82, 2.24) is 0 Å². The maximum atomic E-state index is 12.3. The number of rotatable bonds is 3. The zero-order valence-corrected chi connectivity index (χ0v) is 12.2. The number of benzene rings is 2. The average molecular weight is 273 g/mol. The molecule has 1 nitrogen and oxygen atoms in total. The summed E-state index contributed by atoms with van der Waals surface area (Å²) in [6.07, 6.45) is 0.419. The fraction of sp³-hybridized carbons (Fsp3) is 0.235. The first-order chi connectivity index (χ1) is 8.94. The van der Waals surface area contributed by atoms with Crippen LogP contribution < -0.4 is 0 Å². The Morgan fingerprint density at radius 1 is 0.895 bits per heavy atom. The minimum absolute atomic E-state index is 0.107. The molecule has 0 aliphatic carbocycles. The molecule has 2 aromatic rings. The largest absolute Gasteiger partial charge is 0.294 e. The summed E-state index contributed by atoms with van der Waals surface area (Å²) in [5.41, 5.74) is 5.12. The summed E-state index contributed by atoms with van der Waals surface area (Å²) >= 11 is 6.00. The Bertz CT molecular complexity index is 589. The van der Waals surface area contributed by atoms with Crippen LogP contribution in [0.25, 0.3) is 0 Å². The topological polar surface area (TPSA) is 17.1 Å². The molecule has 0 aliphatic heterocycles. The molecule has 0 saturated carbocycles. The lowest BCUT2D eigenvalue weighted by molar-refractivity contribution is 0.0993. The first-order valence-electron chi connectivity index (χ1n) is 6.31. The number of hydrogen-bond donors (Lipinski definition) is 0. The number of carbonyl (C=O) groups excluding carboxylic acids is 1. The lowest BCUT2D eigenvalue weighted by atomic mass is 9.99. The molecule has 2 rings (SSSR count). The highest BCUT2D eigenvalue weighted by Crippen LogP contribution is 2.17. The van der Waals surface area contributed by atoms with E-state index in [9.17, 15) is 4.79 Å². The van der Waals surface area contributed by atoms with Crippen LogP contribution in [0.3, 0.4) is 0 Å². The van der Waals surface area contributed by atoms with Gasteiger partial charge in [-0.15, -0.1) is 0 Å². The van der Waals surface area contributed by atoms with Crippen LogP contribution in [0, 0.1) is 20.8 Å². The van der Waals surface area contributed by atoms with Crippen molar-refractivity contribution >= 4 is 17.4 Å². The molecule has 0 bridgehead atoms. The highest BCUT2D eigenvalue weighted by atomic mass is 35.5. The van der Waals surface area contributed by atoms with Gasteiger partial charge in [0.25, 0.3) is 0 Å². The predicted octanol–water partition coefficient (Wildman–Crippen LogP) is 4.69. The molecule has 98 valence electrons. The number of ketones is 1. The van der Waals surface area contributed by atoms with E-state index in [1.54, 1.807) is 6.07 Å². The van der Waals surface area contributed by atoms with Gasteiger partial charge in [-0.25, -0.2) is 0 Å². The first kappa shape index (κ1) is 13.8. The van der Waals surface area contributed by atoms with Crippen LogP contribution in [0.15, 0.2) is 36.4 Å². The normalized spacial score (nSPS) is 10.5. The summed E-state index contributed by atoms with van der Waals surface area (Å²) in [5, 5.41) is 0.615. The molecule has 0 radical (unpaired) electrons. The second kappa shape index (κ2) is 5.58. The van der Waals surface area contributed by atoms with Gasteiger partial charge in [0.05, 0.1) is 0 Å². The summed E-state index contributed by atoms with van der Waals surface area (Å²) in [6, 6.07) is 11.7. The highest BCUT2D eigenvalue weighted by molar-refractivity contribution is 6.31. The Morgan fingerprint density at radius 2 is 1.47 bits per heavy atom. The Morgan fingerprint density at radius 3 is 2.05 bits per heavy atom. The number of Topliss-reactive ketones (excluding diaryl/α,β-unsaturated/α-hetero) is 1. The third-order valence-electron chi connectivity index (χ3n) is 3.01. The van der Waals surface area contributed by atoms with Crippen molar-refractivity contribution in [3.05, 3.63) is 69.2 Å². The summed E-state index contributed by atoms with van der Waals surface area (Å²) in [4.78, 5) is 12.3. The first-order valence-corrected chi connectivity index (χ1v) is 6.69. The van der Waals surface area contributed by atoms with Crippen molar-refractivity contribution in [1.29, 1.82) is 0 Å². The van der Waals surface area contributed by atoms with Gasteiger partial charge in [-0.05, 0) is 50.1 Å². The van der Waals surface area contributed by atoms with E-state index in [4.69, 9.17) is 11.6 Å². The van der Waals surface area contributed by atoms with E-state index in [0.717, 1.165) is 11.1 Å². The molecule has 19 heavy (non-hydrogen) atoms. The zero-order valence-electron chi connectivity index (χ0n) is 11.5. The number of halogens is 1. The van der Waals surface area contributed by atoms with Gasteiger partial charge in [0, 0.05) is 17.0 Å². The number of aryl methyl sites for hydroxylation is 3. The monoisotopic (exact) mass is 272 g/mol. The maximum absolute atomic E-state index is 12.3. The Balaban J connectivity index is 2.25. The fourth-order valence-corrected chi connectivity index (χ4v) is 2.65. The van der Waals surface area contributed by atoms with Gasteiger partial charge in [0.15, 0.2) is 5.78 Å². The average Bonchev–Trinajstić information content (AvgIpc) is 2.25. The molecule has 0 amide bonds. The molecule has 0 heterocycles. The predicted molar refractivity (Wildman–Crippen MR) is 80.1 cm³/mol. The van der Waals surface area contributed by atoms with Gasteiger partial charge in [0.1, 0.15) is 0 Å². The van der Waals surface area contributed by atoms with Crippen molar-refractivity contribution in [2.24, 2.45) is 0 Å². The third-order valence-corrected chi connectivity index (χ3v) is 3.23. The van der Waals surface area contributed by atoms with Gasteiger partial charge in [0.2, 0.25) is 0 Å². The molecule has 0 aliphatic rings. The third kappa shape index (κ3) is 3.68. The molecule has 0 fully saturated rings. The summed E-state index contributed by atoms with van der Waals surface area (Å²) in [6.45, 7) is 6.04. The van der Waals surface area contributed by atoms with Crippen molar-refractivity contribution in [2.75, 3.05) is 0 Å². The summed E-state index contributed by atoms with van der Waals surface area (Å²) in [7, 11) is 0. The Kier molecular flexibility index (Phi) is 4.06. The molecule has 0 aromatic heterocycles. The molecule has 0 atom stereocenters. The Hall–Kier alpha value is -1.60. The van der Waals surface area contributed by atoms with Crippen molar-refractivity contribution in [3.8, 4) is 0 Å². The molecule has 0 saturated heterocycles. The SMILES string of the molecule is Cc1cc(C)cc(CC(=O)c2cc(C)cc(Cl)c2)c1.